The van der Waals surface area contributed by atoms with Gasteiger partial charge in [0.25, 0.3) is 11.8 Å². The summed E-state index contributed by atoms with van der Waals surface area (Å²) in [7, 11) is 5.12. The molecule has 0 unspecified atom stereocenters. The Morgan fingerprint density at radius 2 is 1.53 bits per heavy atom. The van der Waals surface area contributed by atoms with Crippen molar-refractivity contribution in [3.8, 4) is 0 Å². The van der Waals surface area contributed by atoms with Crippen molar-refractivity contribution in [2.24, 2.45) is 11.8 Å². The van der Waals surface area contributed by atoms with Crippen molar-refractivity contribution in [2.75, 3.05) is 21.2 Å². The molecule has 1 aliphatic heterocycles. The van der Waals surface area contributed by atoms with Crippen LogP contribution in [0.15, 0.2) is 84.8 Å². The Bertz CT molecular complexity index is 1810. The third-order valence-electron chi connectivity index (χ3n) is 9.31. The number of nitrogens with zero attached hydrogens (tertiary/aromatic N) is 2. The third kappa shape index (κ3) is 10.7. The monoisotopic (exact) mass is 726 g/mol. The maximum Gasteiger partial charge on any atom is 0.257 e. The second-order valence-corrected chi connectivity index (χ2v) is 14.6. The van der Waals surface area contributed by atoms with E-state index in [0.717, 1.165) is 26.9 Å². The van der Waals surface area contributed by atoms with E-state index >= 15 is 0 Å². The van der Waals surface area contributed by atoms with Gasteiger partial charge in [-0.15, -0.1) is 0 Å². The zero-order valence-corrected chi connectivity index (χ0v) is 32.0. The molecule has 4 rings (SSSR count). The van der Waals surface area contributed by atoms with Crippen LogP contribution in [0.25, 0.3) is 10.9 Å². The summed E-state index contributed by atoms with van der Waals surface area (Å²) < 4.78 is 5.50. The molecule has 1 aliphatic rings. The highest BCUT2D eigenvalue weighted by Crippen LogP contribution is 2.28. The van der Waals surface area contributed by atoms with Crippen molar-refractivity contribution in [2.45, 2.75) is 84.1 Å². The van der Waals surface area contributed by atoms with Crippen molar-refractivity contribution in [3.63, 3.8) is 0 Å². The molecule has 12 nitrogen and oxygen atoms in total. The molecule has 284 valence electrons. The first-order valence-corrected chi connectivity index (χ1v) is 18.2. The average Bonchev–Trinajstić information content (AvgIpc) is 3.66. The fourth-order valence-electron chi connectivity index (χ4n) is 6.83. The number of para-hydroxylation sites is 1. The number of nitrogens with one attached hydrogen (secondary N) is 4. The topological polar surface area (TPSA) is 153 Å². The Morgan fingerprint density at radius 3 is 2.17 bits per heavy atom. The highest BCUT2D eigenvalue weighted by Gasteiger charge is 2.38. The van der Waals surface area contributed by atoms with E-state index in [1.165, 1.54) is 25.3 Å². The van der Waals surface area contributed by atoms with Gasteiger partial charge in [0.15, 0.2) is 0 Å². The molecule has 0 aliphatic carbocycles. The van der Waals surface area contributed by atoms with Crippen LogP contribution in [0.5, 0.6) is 0 Å². The Kier molecular flexibility index (Phi) is 14.2. The number of amides is 5. The van der Waals surface area contributed by atoms with Crippen LogP contribution in [0, 0.1) is 11.8 Å². The number of fused-ring (bicyclic) bond motifs is 1. The van der Waals surface area contributed by atoms with Gasteiger partial charge in [-0.05, 0) is 56.5 Å². The molecule has 0 saturated carbocycles. The zero-order chi connectivity index (χ0) is 38.8. The number of hydrogen-bond donors (Lipinski definition) is 4. The lowest BCUT2D eigenvalue weighted by molar-refractivity contribution is -0.139. The molecule has 12 heteroatoms. The second kappa shape index (κ2) is 18.5. The summed E-state index contributed by atoms with van der Waals surface area (Å²) in [5, 5.41) is 9.71. The first kappa shape index (κ1) is 40.5. The van der Waals surface area contributed by atoms with Gasteiger partial charge in [0.2, 0.25) is 17.7 Å². The number of ether oxygens (including phenoxy) is 1. The van der Waals surface area contributed by atoms with E-state index < -0.39 is 53.8 Å². The van der Waals surface area contributed by atoms with Crippen molar-refractivity contribution in [3.05, 3.63) is 95.9 Å². The highest BCUT2D eigenvalue weighted by atomic mass is 16.5. The molecule has 1 aromatic heterocycles. The number of carbonyl (C=O) groups excluding carboxylic acids is 5. The number of H-pyrrole nitrogens is 1. The number of imide groups is 1. The predicted octanol–water partition coefficient (Wildman–Crippen LogP) is 3.88. The molecule has 2 aromatic carbocycles. The predicted molar refractivity (Wildman–Crippen MR) is 205 cm³/mol. The largest absolute Gasteiger partial charge is 0.499 e. The van der Waals surface area contributed by atoms with Gasteiger partial charge < -0.3 is 25.7 Å². The molecule has 3 aromatic rings. The van der Waals surface area contributed by atoms with Gasteiger partial charge in [0.05, 0.1) is 13.2 Å². The lowest BCUT2D eigenvalue weighted by Gasteiger charge is -2.30. The van der Waals surface area contributed by atoms with E-state index in [2.05, 4.69) is 20.9 Å². The van der Waals surface area contributed by atoms with E-state index in [-0.39, 0.29) is 24.2 Å². The molecule has 53 heavy (non-hydrogen) atoms. The minimum absolute atomic E-state index is 0.00131. The summed E-state index contributed by atoms with van der Waals surface area (Å²) in [4.78, 5) is 73.7. The summed E-state index contributed by atoms with van der Waals surface area (Å²) in [6.45, 7) is 9.50. The number of carbonyl (C=O) groups is 5. The molecular formula is C41H54N6O6. The van der Waals surface area contributed by atoms with Gasteiger partial charge in [0.1, 0.15) is 23.9 Å². The summed E-state index contributed by atoms with van der Waals surface area (Å²) >= 11 is 0. The zero-order valence-electron chi connectivity index (χ0n) is 32.0. The molecule has 0 bridgehead atoms. The minimum Gasteiger partial charge on any atom is -0.499 e. The van der Waals surface area contributed by atoms with Crippen LogP contribution in [0.2, 0.25) is 0 Å². The Labute approximate surface area is 312 Å². The van der Waals surface area contributed by atoms with Crippen LogP contribution >= 0.6 is 0 Å². The molecule has 2 heterocycles. The van der Waals surface area contributed by atoms with Crippen molar-refractivity contribution >= 4 is 40.4 Å². The highest BCUT2D eigenvalue weighted by molar-refractivity contribution is 6.08. The molecule has 0 spiro atoms. The number of hydrogen-bond acceptors (Lipinski definition) is 7. The molecular weight excluding hydrogens is 672 g/mol. The van der Waals surface area contributed by atoms with Crippen molar-refractivity contribution in [1.29, 1.82) is 0 Å². The van der Waals surface area contributed by atoms with Gasteiger partial charge in [-0.25, -0.2) is 0 Å². The maximum atomic E-state index is 13.9. The summed E-state index contributed by atoms with van der Waals surface area (Å²) in [6, 6.07) is 13.6. The maximum absolute atomic E-state index is 13.9. The molecule has 0 radical (unpaired) electrons. The fraction of sp³-hybridized carbons (Fsp3) is 0.439. The smallest absolute Gasteiger partial charge is 0.257 e. The summed E-state index contributed by atoms with van der Waals surface area (Å²) in [5.41, 5.74) is 2.75. The average molecular weight is 727 g/mol. The Balaban J connectivity index is 1.45. The SMILES string of the molecule is COC1=CC(=O)N(C(=O)C=C[C@H](C)NC(=O)[C@H](CC(C)C)NC(=O)[C@H](Cc2ccccc2)NC(=O)[C@H](C(C)C)N(C)C)[C@H]1Cc1c[nH]c2ccccc12. The van der Waals surface area contributed by atoms with Crippen LogP contribution in [-0.4, -0.2) is 95.7 Å². The first-order chi connectivity index (χ1) is 25.2. The van der Waals surface area contributed by atoms with Crippen LogP contribution in [0.4, 0.5) is 0 Å². The summed E-state index contributed by atoms with van der Waals surface area (Å²) in [6.07, 6.45) is 6.92. The van der Waals surface area contributed by atoms with Crippen LogP contribution in [-0.2, 0) is 41.6 Å². The fourth-order valence-corrected chi connectivity index (χ4v) is 6.83. The van der Waals surface area contributed by atoms with Gasteiger partial charge in [0, 0.05) is 48.1 Å². The number of aromatic nitrogens is 1. The van der Waals surface area contributed by atoms with E-state index in [1.807, 2.05) is 107 Å². The molecule has 0 fully saturated rings. The van der Waals surface area contributed by atoms with Gasteiger partial charge in [-0.3, -0.25) is 33.8 Å². The van der Waals surface area contributed by atoms with Crippen LogP contribution in [0.3, 0.4) is 0 Å². The van der Waals surface area contributed by atoms with Crippen molar-refractivity contribution in [1.82, 2.24) is 30.7 Å². The molecule has 4 N–H and O–H groups in total. The Hall–Kier alpha value is -5.23. The second-order valence-electron chi connectivity index (χ2n) is 14.6. The molecule has 0 saturated heterocycles. The van der Waals surface area contributed by atoms with E-state index in [1.54, 1.807) is 6.92 Å². The Morgan fingerprint density at radius 1 is 0.887 bits per heavy atom. The van der Waals surface area contributed by atoms with Crippen molar-refractivity contribution < 1.29 is 28.7 Å². The van der Waals surface area contributed by atoms with Crippen LogP contribution < -0.4 is 16.0 Å². The van der Waals surface area contributed by atoms with Crippen LogP contribution in [0.1, 0.15) is 52.2 Å². The van der Waals surface area contributed by atoms with E-state index in [0.29, 0.717) is 18.6 Å². The standard InChI is InChI=1S/C41H54N6O6/c1-25(2)20-32(44-40(51)33(21-28-14-10-9-11-15-28)45-41(52)38(26(3)4)46(6)7)39(50)43-27(5)18-19-36(48)47-34(35(53-8)23-37(47)49)22-29-24-42-31-17-13-12-16-30(29)31/h9-19,23-27,32-34,38,42H,20-22H2,1-8H3,(H,43,50)(H,44,51)(H,45,52)/t27-,32-,33-,34-,38-/m0/s1. The summed E-state index contributed by atoms with van der Waals surface area (Å²) in [5.74, 6) is -1.78. The lowest BCUT2D eigenvalue weighted by atomic mass is 9.99. The number of methoxy groups -OCH3 is 1. The number of rotatable bonds is 17. The lowest BCUT2D eigenvalue weighted by Crippen LogP contribution is -2.58. The molecule has 5 atom stereocenters. The number of likely N-dealkylation sites (N-methyl/N-ethyl adjacent to an activating group) is 1. The van der Waals surface area contributed by atoms with E-state index in [4.69, 9.17) is 4.74 Å². The van der Waals surface area contributed by atoms with E-state index in [9.17, 15) is 24.0 Å². The normalized spacial score (nSPS) is 16.9. The molecule has 5 amide bonds. The quantitative estimate of drug-likeness (QED) is 0.154. The van der Waals surface area contributed by atoms with Gasteiger partial charge >= 0.3 is 0 Å². The third-order valence-corrected chi connectivity index (χ3v) is 9.31. The van der Waals surface area contributed by atoms with Gasteiger partial charge in [-0.1, -0.05) is 82.3 Å². The number of benzene rings is 2. The van der Waals surface area contributed by atoms with Gasteiger partial charge in [-0.2, -0.15) is 0 Å². The number of aromatic amines is 1. The first-order valence-electron chi connectivity index (χ1n) is 18.2. The minimum atomic E-state index is -0.927.